The molecule has 3 N–H and O–H groups in total. The van der Waals surface area contributed by atoms with Gasteiger partial charge >= 0.3 is 6.03 Å². The molecule has 0 aliphatic carbocycles. The summed E-state index contributed by atoms with van der Waals surface area (Å²) in [4.78, 5) is 66.3. The molecule has 12 nitrogen and oxygen atoms in total. The van der Waals surface area contributed by atoms with Crippen LogP contribution in [0.25, 0.3) is 0 Å². The SMILES string of the molecule is CC1C(=O)N(C(C(=O)Nc2cc(NC(=O)CSc3cn[nH]n3)ccc2Cl)C(=O)C(C)(C)C)C(=O)N1C. The molecule has 14 heteroatoms. The number of halogens is 1. The number of ketones is 1. The Morgan fingerprint density at radius 1 is 1.22 bits per heavy atom. The first-order chi connectivity index (χ1) is 16.8. The summed E-state index contributed by atoms with van der Waals surface area (Å²) in [7, 11) is 1.42. The number of nitrogens with one attached hydrogen (secondary N) is 3. The minimum atomic E-state index is -1.70. The van der Waals surface area contributed by atoms with Gasteiger partial charge in [0.25, 0.3) is 11.8 Å². The number of carbonyl (C=O) groups is 5. The van der Waals surface area contributed by atoms with Gasteiger partial charge in [-0.25, -0.2) is 9.69 Å². The molecule has 1 saturated heterocycles. The summed E-state index contributed by atoms with van der Waals surface area (Å²) in [6.07, 6.45) is 1.48. The summed E-state index contributed by atoms with van der Waals surface area (Å²) in [6, 6.07) is 1.14. The average Bonchev–Trinajstić information content (AvgIpc) is 3.39. The maximum atomic E-state index is 13.4. The number of aromatic amines is 1. The zero-order valence-electron chi connectivity index (χ0n) is 20.3. The van der Waals surface area contributed by atoms with Crippen molar-refractivity contribution < 1.29 is 24.0 Å². The van der Waals surface area contributed by atoms with E-state index in [1.165, 1.54) is 49.0 Å². The van der Waals surface area contributed by atoms with Crippen LogP contribution in [0.5, 0.6) is 0 Å². The van der Waals surface area contributed by atoms with Crippen molar-refractivity contribution in [1.29, 1.82) is 0 Å². The van der Waals surface area contributed by atoms with E-state index in [1.807, 2.05) is 0 Å². The molecule has 1 aliphatic heterocycles. The summed E-state index contributed by atoms with van der Waals surface area (Å²) < 4.78 is 0. The standard InChI is InChI=1S/C22H26ClN7O5S/c1-11-20(34)30(21(35)29(11)5)17(18(32)22(2,3)4)19(33)26-14-8-12(6-7-13(14)23)25-15(31)10-36-16-9-24-28-27-16/h6-9,11,17H,10H2,1-5H3,(H,25,31)(H,26,33)(H,24,27,28). The number of carbonyl (C=O) groups excluding carboxylic acids is 5. The van der Waals surface area contributed by atoms with Crippen molar-refractivity contribution in [3.63, 3.8) is 0 Å². The van der Waals surface area contributed by atoms with Crippen LogP contribution in [0.2, 0.25) is 5.02 Å². The monoisotopic (exact) mass is 535 g/mol. The summed E-state index contributed by atoms with van der Waals surface area (Å²) in [5.41, 5.74) is -0.606. The molecule has 3 rings (SSSR count). The van der Waals surface area contributed by atoms with Crippen molar-refractivity contribution in [1.82, 2.24) is 25.2 Å². The average molecular weight is 536 g/mol. The number of amides is 5. The van der Waals surface area contributed by atoms with Crippen molar-refractivity contribution in [2.45, 2.75) is 44.8 Å². The van der Waals surface area contributed by atoms with Crippen LogP contribution in [0.4, 0.5) is 16.2 Å². The first-order valence-corrected chi connectivity index (χ1v) is 12.2. The number of thioether (sulfide) groups is 1. The Bertz CT molecular complexity index is 1180. The van der Waals surface area contributed by atoms with Gasteiger partial charge in [0, 0.05) is 18.2 Å². The molecule has 1 fully saturated rings. The van der Waals surface area contributed by atoms with E-state index in [0.717, 1.165) is 0 Å². The molecule has 1 aliphatic rings. The van der Waals surface area contributed by atoms with Gasteiger partial charge in [0.2, 0.25) is 5.91 Å². The number of Topliss-reactive ketones (excluding diaryl/α,β-unsaturated/α-hetero) is 1. The van der Waals surface area contributed by atoms with Gasteiger partial charge in [-0.15, -0.1) is 5.10 Å². The minimum Gasteiger partial charge on any atom is -0.325 e. The molecule has 0 spiro atoms. The number of imide groups is 1. The molecule has 5 amide bonds. The number of anilines is 2. The van der Waals surface area contributed by atoms with Crippen molar-refractivity contribution >= 4 is 64.3 Å². The molecular weight excluding hydrogens is 510 g/mol. The molecule has 2 atom stereocenters. The number of likely N-dealkylation sites (N-methyl/N-ethyl adjacent to an activating group) is 1. The molecule has 0 bridgehead atoms. The number of hydrogen-bond donors (Lipinski definition) is 3. The summed E-state index contributed by atoms with van der Waals surface area (Å²) >= 11 is 7.43. The molecule has 2 heterocycles. The summed E-state index contributed by atoms with van der Waals surface area (Å²) in [6.45, 7) is 6.29. The molecule has 1 aromatic heterocycles. The largest absolute Gasteiger partial charge is 0.328 e. The Labute approximate surface area is 216 Å². The van der Waals surface area contributed by atoms with E-state index in [2.05, 4.69) is 26.0 Å². The molecule has 36 heavy (non-hydrogen) atoms. The van der Waals surface area contributed by atoms with Crippen LogP contribution in [-0.4, -0.2) is 79.6 Å². The quantitative estimate of drug-likeness (QED) is 0.264. The zero-order chi connectivity index (χ0) is 26.8. The zero-order valence-corrected chi connectivity index (χ0v) is 21.9. The molecule has 0 radical (unpaired) electrons. The van der Waals surface area contributed by atoms with E-state index in [9.17, 15) is 24.0 Å². The van der Waals surface area contributed by atoms with Crippen molar-refractivity contribution in [3.8, 4) is 0 Å². The van der Waals surface area contributed by atoms with Crippen molar-refractivity contribution in [3.05, 3.63) is 29.4 Å². The van der Waals surface area contributed by atoms with E-state index in [1.54, 1.807) is 26.8 Å². The van der Waals surface area contributed by atoms with E-state index < -0.39 is 41.1 Å². The highest BCUT2D eigenvalue weighted by Gasteiger charge is 2.51. The lowest BCUT2D eigenvalue weighted by Gasteiger charge is -2.29. The number of urea groups is 1. The van der Waals surface area contributed by atoms with E-state index in [4.69, 9.17) is 11.6 Å². The predicted octanol–water partition coefficient (Wildman–Crippen LogP) is 2.39. The van der Waals surface area contributed by atoms with Crippen LogP contribution in [0, 0.1) is 5.41 Å². The number of rotatable bonds is 8. The highest BCUT2D eigenvalue weighted by molar-refractivity contribution is 7.99. The van der Waals surface area contributed by atoms with Gasteiger partial charge in [0.15, 0.2) is 11.8 Å². The second kappa shape index (κ2) is 10.7. The number of nitrogens with zero attached hydrogens (tertiary/aromatic N) is 4. The van der Waals surface area contributed by atoms with Crippen LogP contribution < -0.4 is 10.6 Å². The molecular formula is C22H26ClN7O5S. The van der Waals surface area contributed by atoms with Crippen LogP contribution in [0.15, 0.2) is 29.4 Å². The molecule has 2 unspecified atom stereocenters. The Morgan fingerprint density at radius 3 is 2.47 bits per heavy atom. The highest BCUT2D eigenvalue weighted by Crippen LogP contribution is 2.29. The fourth-order valence-electron chi connectivity index (χ4n) is 3.30. The van der Waals surface area contributed by atoms with Crippen LogP contribution in [-0.2, 0) is 19.2 Å². The highest BCUT2D eigenvalue weighted by atomic mass is 35.5. The van der Waals surface area contributed by atoms with Crippen LogP contribution in [0.1, 0.15) is 27.7 Å². The Kier molecular flexibility index (Phi) is 8.04. The Balaban J connectivity index is 1.81. The van der Waals surface area contributed by atoms with Gasteiger partial charge in [-0.3, -0.25) is 19.2 Å². The molecule has 192 valence electrons. The maximum Gasteiger partial charge on any atom is 0.328 e. The lowest BCUT2D eigenvalue weighted by Crippen LogP contribution is -2.55. The fourth-order valence-corrected chi connectivity index (χ4v) is 4.04. The Morgan fingerprint density at radius 2 is 1.92 bits per heavy atom. The lowest BCUT2D eigenvalue weighted by atomic mass is 9.85. The molecule has 2 aromatic rings. The van der Waals surface area contributed by atoms with Gasteiger partial charge in [0.05, 0.1) is 22.7 Å². The van der Waals surface area contributed by atoms with Gasteiger partial charge in [0.1, 0.15) is 11.1 Å². The third-order valence-corrected chi connectivity index (χ3v) is 6.66. The second-order valence-electron chi connectivity index (χ2n) is 9.12. The number of H-pyrrole nitrogens is 1. The summed E-state index contributed by atoms with van der Waals surface area (Å²) in [5, 5.41) is 15.9. The molecule has 1 aromatic carbocycles. The fraction of sp³-hybridized carbons (Fsp3) is 0.409. The van der Waals surface area contributed by atoms with Crippen LogP contribution >= 0.6 is 23.4 Å². The smallest absolute Gasteiger partial charge is 0.325 e. The van der Waals surface area contributed by atoms with Gasteiger partial charge in [-0.2, -0.15) is 10.3 Å². The summed E-state index contributed by atoms with van der Waals surface area (Å²) in [5.74, 6) is -2.45. The van der Waals surface area contributed by atoms with Crippen molar-refractivity contribution in [2.75, 3.05) is 23.4 Å². The number of benzene rings is 1. The van der Waals surface area contributed by atoms with Gasteiger partial charge in [-0.05, 0) is 25.1 Å². The third kappa shape index (κ3) is 5.85. The van der Waals surface area contributed by atoms with Crippen molar-refractivity contribution in [2.24, 2.45) is 5.41 Å². The number of aromatic nitrogens is 3. The van der Waals surface area contributed by atoms with E-state index in [-0.39, 0.29) is 22.4 Å². The van der Waals surface area contributed by atoms with Crippen LogP contribution in [0.3, 0.4) is 0 Å². The predicted molar refractivity (Wildman–Crippen MR) is 134 cm³/mol. The van der Waals surface area contributed by atoms with E-state index >= 15 is 0 Å². The Hall–Kier alpha value is -3.45. The second-order valence-corrected chi connectivity index (χ2v) is 10.5. The lowest BCUT2D eigenvalue weighted by molar-refractivity contribution is -0.143. The topological polar surface area (TPSA) is 157 Å². The molecule has 0 saturated carbocycles. The number of hydrogen-bond acceptors (Lipinski definition) is 8. The van der Waals surface area contributed by atoms with Gasteiger partial charge < -0.3 is 15.5 Å². The normalized spacial score (nSPS) is 16.8. The minimum absolute atomic E-state index is 0.0594. The third-order valence-electron chi connectivity index (χ3n) is 5.43. The first kappa shape index (κ1) is 27.1. The van der Waals surface area contributed by atoms with E-state index in [0.29, 0.717) is 15.6 Å². The van der Waals surface area contributed by atoms with Gasteiger partial charge in [-0.1, -0.05) is 44.1 Å². The first-order valence-electron chi connectivity index (χ1n) is 10.8. The maximum absolute atomic E-state index is 13.4.